The minimum Gasteiger partial charge on any atom is -0.356 e. The zero-order chi connectivity index (χ0) is 16.7. The molecule has 0 bridgehead atoms. The lowest BCUT2D eigenvalue weighted by molar-refractivity contribution is 0.445. The number of aliphatic imine (C=N–C) groups is 1. The van der Waals surface area contributed by atoms with Gasteiger partial charge in [0.1, 0.15) is 5.82 Å². The van der Waals surface area contributed by atoms with Crippen molar-refractivity contribution in [2.24, 2.45) is 4.99 Å². The van der Waals surface area contributed by atoms with E-state index in [1.807, 2.05) is 0 Å². The highest BCUT2D eigenvalue weighted by molar-refractivity contribution is 7.89. The summed E-state index contributed by atoms with van der Waals surface area (Å²) in [5, 5.41) is 6.26. The van der Waals surface area contributed by atoms with E-state index in [2.05, 4.69) is 15.6 Å². The van der Waals surface area contributed by atoms with E-state index in [9.17, 15) is 12.8 Å². The zero-order valence-electron chi connectivity index (χ0n) is 13.3. The highest BCUT2D eigenvalue weighted by Gasteiger charge is 2.27. The molecule has 1 fully saturated rings. The summed E-state index contributed by atoms with van der Waals surface area (Å²) >= 11 is 0. The van der Waals surface area contributed by atoms with Crippen molar-refractivity contribution in [3.05, 3.63) is 35.6 Å². The van der Waals surface area contributed by atoms with Crippen LogP contribution in [-0.4, -0.2) is 57.7 Å². The van der Waals surface area contributed by atoms with Crippen molar-refractivity contribution in [1.82, 2.24) is 14.9 Å². The summed E-state index contributed by atoms with van der Waals surface area (Å²) < 4.78 is 37.7. The summed E-state index contributed by atoms with van der Waals surface area (Å²) in [6.07, 6.45) is 1.45. The first kappa shape index (κ1) is 17.7. The van der Waals surface area contributed by atoms with Crippen molar-refractivity contribution in [2.45, 2.75) is 12.8 Å². The number of sulfonamides is 1. The van der Waals surface area contributed by atoms with Crippen molar-refractivity contribution in [3.8, 4) is 0 Å². The third kappa shape index (κ3) is 5.47. The van der Waals surface area contributed by atoms with Crippen LogP contribution in [0.1, 0.15) is 12.0 Å². The van der Waals surface area contributed by atoms with E-state index in [1.54, 1.807) is 19.2 Å². The maximum atomic E-state index is 12.8. The molecule has 0 aliphatic carbocycles. The molecule has 1 aromatic rings. The highest BCUT2D eigenvalue weighted by Crippen LogP contribution is 2.11. The predicted octanol–water partition coefficient (Wildman–Crippen LogP) is 0.569. The van der Waals surface area contributed by atoms with Crippen molar-refractivity contribution >= 4 is 16.0 Å². The van der Waals surface area contributed by atoms with E-state index >= 15 is 0 Å². The fraction of sp³-hybridized carbons (Fsp3) is 0.533. The second kappa shape index (κ2) is 8.26. The Balaban J connectivity index is 1.68. The highest BCUT2D eigenvalue weighted by atomic mass is 32.2. The van der Waals surface area contributed by atoms with E-state index in [1.165, 1.54) is 16.4 Å². The van der Waals surface area contributed by atoms with Gasteiger partial charge in [0, 0.05) is 33.2 Å². The Morgan fingerprint density at radius 3 is 2.57 bits per heavy atom. The van der Waals surface area contributed by atoms with Gasteiger partial charge in [0.25, 0.3) is 0 Å². The molecule has 1 saturated heterocycles. The lowest BCUT2D eigenvalue weighted by Gasteiger charge is -2.16. The molecular formula is C15H23FN4O2S. The monoisotopic (exact) mass is 342 g/mol. The van der Waals surface area contributed by atoms with E-state index < -0.39 is 10.0 Å². The quantitative estimate of drug-likeness (QED) is 0.585. The largest absolute Gasteiger partial charge is 0.356 e. The van der Waals surface area contributed by atoms with E-state index in [0.29, 0.717) is 38.6 Å². The van der Waals surface area contributed by atoms with E-state index in [4.69, 9.17) is 0 Å². The Labute approximate surface area is 136 Å². The third-order valence-corrected chi connectivity index (χ3v) is 5.66. The first-order valence-corrected chi connectivity index (χ1v) is 9.29. The number of hydrogen-bond donors (Lipinski definition) is 2. The van der Waals surface area contributed by atoms with Crippen molar-refractivity contribution in [1.29, 1.82) is 0 Å². The van der Waals surface area contributed by atoms with Crippen LogP contribution >= 0.6 is 0 Å². The number of halogens is 1. The Morgan fingerprint density at radius 2 is 1.96 bits per heavy atom. The maximum absolute atomic E-state index is 12.8. The SMILES string of the molecule is CN=C(NCCc1ccc(F)cc1)NCCN1CCCS1(=O)=O. The molecule has 2 rings (SSSR count). The first-order chi connectivity index (χ1) is 11.0. The number of guanidine groups is 1. The topological polar surface area (TPSA) is 73.8 Å². The molecule has 1 aliphatic rings. The number of rotatable bonds is 6. The summed E-state index contributed by atoms with van der Waals surface area (Å²) in [5.41, 5.74) is 1.04. The van der Waals surface area contributed by atoms with Gasteiger partial charge < -0.3 is 10.6 Å². The van der Waals surface area contributed by atoms with Gasteiger partial charge in [-0.2, -0.15) is 0 Å². The van der Waals surface area contributed by atoms with Crippen molar-refractivity contribution in [2.75, 3.05) is 39.0 Å². The Bertz CT molecular complexity index is 631. The molecule has 2 N–H and O–H groups in total. The van der Waals surface area contributed by atoms with Crippen LogP contribution < -0.4 is 10.6 Å². The van der Waals surface area contributed by atoms with Gasteiger partial charge in [-0.1, -0.05) is 12.1 Å². The van der Waals surface area contributed by atoms with Gasteiger partial charge in [0.15, 0.2) is 5.96 Å². The molecule has 8 heteroatoms. The van der Waals surface area contributed by atoms with Gasteiger partial charge in [-0.15, -0.1) is 0 Å². The smallest absolute Gasteiger partial charge is 0.214 e. The average molecular weight is 342 g/mol. The van der Waals surface area contributed by atoms with E-state index in [-0.39, 0.29) is 11.6 Å². The molecule has 0 aromatic heterocycles. The molecule has 1 aliphatic heterocycles. The molecule has 0 amide bonds. The fourth-order valence-corrected chi connectivity index (χ4v) is 3.97. The third-order valence-electron chi connectivity index (χ3n) is 3.70. The van der Waals surface area contributed by atoms with E-state index in [0.717, 1.165) is 12.0 Å². The van der Waals surface area contributed by atoms with Gasteiger partial charge >= 0.3 is 0 Å². The van der Waals surface area contributed by atoms with Crippen LogP contribution in [0.3, 0.4) is 0 Å². The van der Waals surface area contributed by atoms with Crippen molar-refractivity contribution < 1.29 is 12.8 Å². The van der Waals surface area contributed by atoms with Gasteiger partial charge in [-0.3, -0.25) is 4.99 Å². The van der Waals surface area contributed by atoms with Gasteiger partial charge in [0.05, 0.1) is 5.75 Å². The lowest BCUT2D eigenvalue weighted by Crippen LogP contribution is -2.42. The van der Waals surface area contributed by atoms with Crippen LogP contribution in [0.5, 0.6) is 0 Å². The zero-order valence-corrected chi connectivity index (χ0v) is 14.1. The normalized spacial score (nSPS) is 18.1. The molecular weight excluding hydrogens is 319 g/mol. The molecule has 1 heterocycles. The fourth-order valence-electron chi connectivity index (χ4n) is 2.44. The molecule has 128 valence electrons. The predicted molar refractivity (Wildman–Crippen MR) is 89.4 cm³/mol. The summed E-state index contributed by atoms with van der Waals surface area (Å²) in [7, 11) is -1.38. The van der Waals surface area contributed by atoms with Gasteiger partial charge in [0.2, 0.25) is 10.0 Å². The number of hydrogen-bond acceptors (Lipinski definition) is 3. The molecule has 6 nitrogen and oxygen atoms in total. The second-order valence-corrected chi connectivity index (χ2v) is 7.46. The first-order valence-electron chi connectivity index (χ1n) is 7.68. The lowest BCUT2D eigenvalue weighted by atomic mass is 10.1. The van der Waals surface area contributed by atoms with Gasteiger partial charge in [-0.25, -0.2) is 17.1 Å². The minimum atomic E-state index is -3.05. The van der Waals surface area contributed by atoms with Crippen LogP contribution in [0.4, 0.5) is 4.39 Å². The molecule has 23 heavy (non-hydrogen) atoms. The van der Waals surface area contributed by atoms with Crippen LogP contribution in [0, 0.1) is 5.82 Å². The number of nitrogens with zero attached hydrogens (tertiary/aromatic N) is 2. The molecule has 0 spiro atoms. The molecule has 0 radical (unpaired) electrons. The molecule has 0 atom stereocenters. The molecule has 0 unspecified atom stereocenters. The Morgan fingerprint density at radius 1 is 1.26 bits per heavy atom. The van der Waals surface area contributed by atoms with Gasteiger partial charge in [-0.05, 0) is 30.5 Å². The van der Waals surface area contributed by atoms with Crippen LogP contribution in [0.25, 0.3) is 0 Å². The minimum absolute atomic E-state index is 0.240. The summed E-state index contributed by atoms with van der Waals surface area (Å²) in [4.78, 5) is 4.10. The number of benzene rings is 1. The maximum Gasteiger partial charge on any atom is 0.214 e. The molecule has 0 saturated carbocycles. The van der Waals surface area contributed by atoms with Crippen molar-refractivity contribution in [3.63, 3.8) is 0 Å². The Kier molecular flexibility index (Phi) is 6.35. The average Bonchev–Trinajstić information content (AvgIpc) is 2.86. The summed E-state index contributed by atoms with van der Waals surface area (Å²) in [6, 6.07) is 6.40. The van der Waals surface area contributed by atoms with Crippen LogP contribution in [-0.2, 0) is 16.4 Å². The summed E-state index contributed by atoms with van der Waals surface area (Å²) in [6.45, 7) is 2.21. The molecule has 1 aromatic carbocycles. The van der Waals surface area contributed by atoms with Crippen LogP contribution in [0.2, 0.25) is 0 Å². The Hall–Kier alpha value is -1.67. The number of nitrogens with one attached hydrogen (secondary N) is 2. The summed E-state index contributed by atoms with van der Waals surface area (Å²) in [5.74, 6) is 0.636. The van der Waals surface area contributed by atoms with Crippen LogP contribution in [0.15, 0.2) is 29.3 Å². The second-order valence-electron chi connectivity index (χ2n) is 5.37. The standard InChI is InChI=1S/C15H23FN4O2S/c1-17-15(18-8-7-13-3-5-14(16)6-4-13)19-9-11-20-10-2-12-23(20,21)22/h3-6H,2,7-12H2,1H3,(H2,17,18,19).